The molecule has 2 amide bonds. The van der Waals surface area contributed by atoms with Crippen molar-refractivity contribution in [2.75, 3.05) is 54.1 Å². The molecule has 0 bridgehead atoms. The number of carbonyl (C=O) groups excluding carboxylic acids is 2. The molecule has 2 heterocycles. The van der Waals surface area contributed by atoms with Crippen LogP contribution in [0.2, 0.25) is 0 Å². The number of rotatable bonds is 13. The molecule has 2 aliphatic rings. The predicted molar refractivity (Wildman–Crippen MR) is 173 cm³/mol. The Morgan fingerprint density at radius 2 is 1.93 bits per heavy atom. The third kappa shape index (κ3) is 10.8. The molecule has 10 heteroatoms. The number of nitrogens with zero attached hydrogens (tertiary/aromatic N) is 4. The second-order valence-corrected chi connectivity index (χ2v) is 14.3. The van der Waals surface area contributed by atoms with Crippen LogP contribution < -0.4 is 5.32 Å². The SMILES string of the molecule is COCCCNC(=O)[C@H]1CC(c2nn(C3CCCCO3)cc2CN(C)CCN(C)C(=O)CC(C)(C)C)CCC1(C)C.S. The van der Waals surface area contributed by atoms with Crippen LogP contribution in [-0.4, -0.2) is 85.4 Å². The Morgan fingerprint density at radius 1 is 1.19 bits per heavy atom. The van der Waals surface area contributed by atoms with Gasteiger partial charge in [-0.2, -0.15) is 18.6 Å². The lowest BCUT2D eigenvalue weighted by Gasteiger charge is -2.41. The Morgan fingerprint density at radius 3 is 2.57 bits per heavy atom. The number of carbonyl (C=O) groups is 2. The minimum atomic E-state index is -0.0621. The Kier molecular flexibility index (Phi) is 14.3. The molecular formula is C32H59N5O4S. The first kappa shape index (κ1) is 36.6. The van der Waals surface area contributed by atoms with Crippen molar-refractivity contribution in [2.24, 2.45) is 16.7 Å². The van der Waals surface area contributed by atoms with Crippen LogP contribution in [0.3, 0.4) is 0 Å². The average Bonchev–Trinajstić information content (AvgIpc) is 3.32. The number of likely N-dealkylation sites (N-methyl/N-ethyl adjacent to an activating group) is 2. The average molecular weight is 610 g/mol. The molecule has 1 aliphatic carbocycles. The highest BCUT2D eigenvalue weighted by molar-refractivity contribution is 7.59. The molecule has 1 aromatic rings. The number of hydrogen-bond acceptors (Lipinski definition) is 6. The van der Waals surface area contributed by atoms with E-state index in [1.807, 2.05) is 16.6 Å². The maximum Gasteiger partial charge on any atom is 0.223 e. The molecule has 3 atom stereocenters. The summed E-state index contributed by atoms with van der Waals surface area (Å²) in [5.41, 5.74) is 2.23. The van der Waals surface area contributed by atoms with Gasteiger partial charge in [0.05, 0.1) is 5.69 Å². The van der Waals surface area contributed by atoms with Crippen molar-refractivity contribution in [1.82, 2.24) is 24.9 Å². The van der Waals surface area contributed by atoms with Crippen LogP contribution in [0.1, 0.15) is 109 Å². The highest BCUT2D eigenvalue weighted by Crippen LogP contribution is 2.47. The van der Waals surface area contributed by atoms with Gasteiger partial charge in [-0.1, -0.05) is 34.6 Å². The molecule has 0 spiro atoms. The maximum atomic E-state index is 13.3. The summed E-state index contributed by atoms with van der Waals surface area (Å²) >= 11 is 0. The number of hydrogen-bond donors (Lipinski definition) is 1. The van der Waals surface area contributed by atoms with Crippen LogP contribution in [0.5, 0.6) is 0 Å². The van der Waals surface area contributed by atoms with Crippen molar-refractivity contribution < 1.29 is 19.1 Å². The quantitative estimate of drug-likeness (QED) is 0.314. The van der Waals surface area contributed by atoms with Crippen molar-refractivity contribution in [1.29, 1.82) is 0 Å². The number of ether oxygens (including phenoxy) is 2. The van der Waals surface area contributed by atoms with Gasteiger partial charge in [0.25, 0.3) is 0 Å². The molecular weight excluding hydrogens is 550 g/mol. The lowest BCUT2D eigenvalue weighted by Crippen LogP contribution is -2.43. The molecule has 9 nitrogen and oxygen atoms in total. The number of aromatic nitrogens is 2. The molecule has 242 valence electrons. The van der Waals surface area contributed by atoms with E-state index in [4.69, 9.17) is 14.6 Å². The largest absolute Gasteiger partial charge is 0.385 e. The fourth-order valence-electron chi connectivity index (χ4n) is 6.10. The lowest BCUT2D eigenvalue weighted by molar-refractivity contribution is -0.132. The van der Waals surface area contributed by atoms with Gasteiger partial charge in [-0.05, 0) is 62.8 Å². The summed E-state index contributed by atoms with van der Waals surface area (Å²) in [5.74, 6) is 0.493. The van der Waals surface area contributed by atoms with E-state index in [0.29, 0.717) is 26.1 Å². The number of nitrogens with one attached hydrogen (secondary N) is 1. The van der Waals surface area contributed by atoms with Gasteiger partial charge in [0, 0.05) is 83.6 Å². The fourth-order valence-corrected chi connectivity index (χ4v) is 6.10. The van der Waals surface area contributed by atoms with Crippen molar-refractivity contribution in [3.05, 3.63) is 17.5 Å². The zero-order chi connectivity index (χ0) is 30.2. The monoisotopic (exact) mass is 609 g/mol. The molecule has 1 aliphatic heterocycles. The first-order valence-electron chi connectivity index (χ1n) is 15.7. The van der Waals surface area contributed by atoms with Crippen LogP contribution in [-0.2, 0) is 25.6 Å². The third-order valence-corrected chi connectivity index (χ3v) is 8.78. The molecule has 1 aromatic heterocycles. The Bertz CT molecular complexity index is 986. The van der Waals surface area contributed by atoms with Crippen molar-refractivity contribution in [3.63, 3.8) is 0 Å². The summed E-state index contributed by atoms with van der Waals surface area (Å²) in [6.07, 6.45) is 9.53. The van der Waals surface area contributed by atoms with Crippen LogP contribution in [0.15, 0.2) is 6.20 Å². The van der Waals surface area contributed by atoms with Gasteiger partial charge in [0.2, 0.25) is 11.8 Å². The van der Waals surface area contributed by atoms with Gasteiger partial charge < -0.3 is 24.6 Å². The van der Waals surface area contributed by atoms with E-state index >= 15 is 0 Å². The first-order chi connectivity index (χ1) is 19.3. The van der Waals surface area contributed by atoms with Crippen LogP contribution in [0, 0.1) is 16.7 Å². The van der Waals surface area contributed by atoms with E-state index < -0.39 is 0 Å². The van der Waals surface area contributed by atoms with Crippen molar-refractivity contribution in [2.45, 2.75) is 105 Å². The molecule has 1 N–H and O–H groups in total. The summed E-state index contributed by atoms with van der Waals surface area (Å²) in [4.78, 5) is 30.1. The zero-order valence-corrected chi connectivity index (χ0v) is 28.6. The molecule has 0 radical (unpaired) electrons. The molecule has 1 saturated heterocycles. The summed E-state index contributed by atoms with van der Waals surface area (Å²) < 4.78 is 13.3. The smallest absolute Gasteiger partial charge is 0.223 e. The number of methoxy groups -OCH3 is 1. The van der Waals surface area contributed by atoms with Gasteiger partial charge in [0.15, 0.2) is 0 Å². The standard InChI is InChI=1S/C32H57N5O4.H2S/c1-31(2,3)21-27(38)36(7)17-16-35(6)22-25-23-37(28-12-9-10-19-41-28)34-29(25)24-13-14-32(4,5)26(20-24)30(39)33-15-11-18-40-8;/h23-24,26,28H,9-22H2,1-8H3,(H,33,39);1H2/t24?,26-,28?;/m1./s1. The fraction of sp³-hybridized carbons (Fsp3) is 0.844. The van der Waals surface area contributed by atoms with E-state index in [9.17, 15) is 9.59 Å². The maximum absolute atomic E-state index is 13.3. The topological polar surface area (TPSA) is 88.9 Å². The normalized spacial score (nSPS) is 22.5. The molecule has 42 heavy (non-hydrogen) atoms. The minimum Gasteiger partial charge on any atom is -0.385 e. The second kappa shape index (κ2) is 16.5. The van der Waals surface area contributed by atoms with Crippen molar-refractivity contribution in [3.8, 4) is 0 Å². The van der Waals surface area contributed by atoms with Crippen LogP contribution in [0.25, 0.3) is 0 Å². The Labute approximate surface area is 261 Å². The number of amides is 2. The highest BCUT2D eigenvalue weighted by atomic mass is 32.1. The molecule has 0 aromatic carbocycles. The van der Waals surface area contributed by atoms with Gasteiger partial charge in [0.1, 0.15) is 6.23 Å². The van der Waals surface area contributed by atoms with Crippen LogP contribution in [0.4, 0.5) is 0 Å². The van der Waals surface area contributed by atoms with Crippen LogP contribution >= 0.6 is 13.5 Å². The van der Waals surface area contributed by atoms with Gasteiger partial charge >= 0.3 is 0 Å². The van der Waals surface area contributed by atoms with E-state index in [1.54, 1.807) is 7.11 Å². The molecule has 2 unspecified atom stereocenters. The zero-order valence-electron chi connectivity index (χ0n) is 27.6. The third-order valence-electron chi connectivity index (χ3n) is 8.78. The van der Waals surface area contributed by atoms with Gasteiger partial charge in [-0.3, -0.25) is 9.59 Å². The predicted octanol–water partition coefficient (Wildman–Crippen LogP) is 5.08. The van der Waals surface area contributed by atoms with Gasteiger partial charge in [-0.15, -0.1) is 0 Å². The molecule has 3 rings (SSSR count). The van der Waals surface area contributed by atoms with E-state index in [2.05, 4.69) is 58.1 Å². The molecule has 2 fully saturated rings. The lowest BCUT2D eigenvalue weighted by atomic mass is 9.64. The Hall–Kier alpha value is -1.62. The van der Waals surface area contributed by atoms with Crippen molar-refractivity contribution >= 4 is 25.3 Å². The van der Waals surface area contributed by atoms with Gasteiger partial charge in [-0.25, -0.2) is 4.68 Å². The van der Waals surface area contributed by atoms with E-state index in [1.165, 1.54) is 5.56 Å². The summed E-state index contributed by atoms with van der Waals surface area (Å²) in [7, 11) is 5.70. The van der Waals surface area contributed by atoms with E-state index in [-0.39, 0.29) is 54.2 Å². The second-order valence-electron chi connectivity index (χ2n) is 14.3. The minimum absolute atomic E-state index is 0. The summed E-state index contributed by atoms with van der Waals surface area (Å²) in [6, 6.07) is 0. The molecule has 1 saturated carbocycles. The first-order valence-corrected chi connectivity index (χ1v) is 15.7. The van der Waals surface area contributed by atoms with E-state index in [0.717, 1.165) is 70.3 Å². The highest BCUT2D eigenvalue weighted by Gasteiger charge is 2.42. The summed E-state index contributed by atoms with van der Waals surface area (Å²) in [5, 5.41) is 8.32. The summed E-state index contributed by atoms with van der Waals surface area (Å²) in [6.45, 7) is 15.0. The Balaban J connectivity index is 0.00000616.